The summed E-state index contributed by atoms with van der Waals surface area (Å²) in [5.74, 6) is 0. The van der Waals surface area contributed by atoms with Crippen LogP contribution in [0.1, 0.15) is 39.5 Å². The molecule has 1 amide bonds. The predicted molar refractivity (Wildman–Crippen MR) is 80.3 cm³/mol. The van der Waals surface area contributed by atoms with Gasteiger partial charge in [-0.05, 0) is 38.4 Å². The fraction of sp³-hybridized carbons (Fsp3) is 0.846. The van der Waals surface area contributed by atoms with Crippen LogP contribution in [0.5, 0.6) is 0 Å². The molecule has 0 unspecified atom stereocenters. The van der Waals surface area contributed by atoms with Crippen molar-refractivity contribution in [2.24, 2.45) is 0 Å². The number of nitrogens with zero attached hydrogens (tertiary/aromatic N) is 1. The first-order valence-corrected chi connectivity index (χ1v) is 7.54. The van der Waals surface area contributed by atoms with Crippen molar-refractivity contribution < 1.29 is 9.53 Å². The molecule has 110 valence electrons. The molecule has 1 aliphatic rings. The molecule has 0 radical (unpaired) electrons. The van der Waals surface area contributed by atoms with Gasteiger partial charge in [0.25, 0.3) is 0 Å². The third-order valence-electron chi connectivity index (χ3n) is 3.17. The second kappa shape index (κ2) is 8.96. The van der Waals surface area contributed by atoms with Crippen molar-refractivity contribution in [3.8, 4) is 0 Å². The highest BCUT2D eigenvalue weighted by Gasteiger charge is 2.23. The number of piperidine rings is 1. The monoisotopic (exact) mass is 287 g/mol. The fourth-order valence-corrected chi connectivity index (χ4v) is 2.31. The summed E-state index contributed by atoms with van der Waals surface area (Å²) in [6.45, 7) is 6.80. The molecule has 1 fully saturated rings. The zero-order chi connectivity index (χ0) is 14.1. The van der Waals surface area contributed by atoms with E-state index in [1.54, 1.807) is 4.90 Å². The van der Waals surface area contributed by atoms with Crippen molar-refractivity contribution in [2.75, 3.05) is 26.2 Å². The van der Waals surface area contributed by atoms with E-state index in [4.69, 9.17) is 17.0 Å². The second-order valence-corrected chi connectivity index (χ2v) is 5.12. The third kappa shape index (κ3) is 6.09. The summed E-state index contributed by atoms with van der Waals surface area (Å²) in [7, 11) is 0. The van der Waals surface area contributed by atoms with Gasteiger partial charge in [-0.25, -0.2) is 4.79 Å². The van der Waals surface area contributed by atoms with E-state index in [2.05, 4.69) is 17.6 Å². The number of hydrogen-bond acceptors (Lipinski definition) is 3. The van der Waals surface area contributed by atoms with Crippen LogP contribution < -0.4 is 10.6 Å². The van der Waals surface area contributed by atoms with E-state index in [1.807, 2.05) is 6.92 Å². The number of hydrogen-bond donors (Lipinski definition) is 2. The molecule has 2 N–H and O–H groups in total. The molecular weight excluding hydrogens is 262 g/mol. The Morgan fingerprint density at radius 3 is 2.63 bits per heavy atom. The second-order valence-electron chi connectivity index (χ2n) is 4.71. The topological polar surface area (TPSA) is 53.6 Å². The van der Waals surface area contributed by atoms with Crippen molar-refractivity contribution in [1.82, 2.24) is 15.5 Å². The zero-order valence-electron chi connectivity index (χ0n) is 11.9. The van der Waals surface area contributed by atoms with E-state index < -0.39 is 0 Å². The number of rotatable bonds is 5. The smallest absolute Gasteiger partial charge is 0.409 e. The quantitative estimate of drug-likeness (QED) is 0.597. The molecule has 0 aromatic rings. The van der Waals surface area contributed by atoms with Gasteiger partial charge in [-0.1, -0.05) is 13.3 Å². The molecule has 0 atom stereocenters. The first kappa shape index (κ1) is 16.0. The number of unbranched alkanes of at least 4 members (excludes halogenated alkanes) is 1. The maximum absolute atomic E-state index is 11.5. The molecule has 5 nitrogen and oxygen atoms in total. The van der Waals surface area contributed by atoms with E-state index in [-0.39, 0.29) is 6.09 Å². The van der Waals surface area contributed by atoms with Crippen LogP contribution in [0.3, 0.4) is 0 Å². The Balaban J connectivity index is 2.19. The van der Waals surface area contributed by atoms with Crippen LogP contribution in [-0.4, -0.2) is 48.4 Å². The lowest BCUT2D eigenvalue weighted by atomic mass is 10.1. The van der Waals surface area contributed by atoms with Gasteiger partial charge in [-0.15, -0.1) is 0 Å². The van der Waals surface area contributed by atoms with Gasteiger partial charge >= 0.3 is 6.09 Å². The number of likely N-dealkylation sites (tertiary alicyclic amines) is 1. The maximum atomic E-state index is 11.5. The number of thiocarbonyl (C=S) groups is 1. The molecule has 0 saturated carbocycles. The van der Waals surface area contributed by atoms with Crippen molar-refractivity contribution in [3.05, 3.63) is 0 Å². The summed E-state index contributed by atoms with van der Waals surface area (Å²) in [5, 5.41) is 7.24. The fourth-order valence-electron chi connectivity index (χ4n) is 2.04. The summed E-state index contributed by atoms with van der Waals surface area (Å²) in [6.07, 6.45) is 3.91. The number of ether oxygens (including phenoxy) is 1. The van der Waals surface area contributed by atoms with Crippen LogP contribution in [0.2, 0.25) is 0 Å². The molecule has 0 aromatic heterocycles. The lowest BCUT2D eigenvalue weighted by Gasteiger charge is -2.32. The van der Waals surface area contributed by atoms with Gasteiger partial charge < -0.3 is 20.3 Å². The summed E-state index contributed by atoms with van der Waals surface area (Å²) in [5.41, 5.74) is 0. The molecule has 0 spiro atoms. The molecular formula is C13H25N3O2S. The van der Waals surface area contributed by atoms with E-state index in [0.717, 1.165) is 50.4 Å². The Morgan fingerprint density at radius 2 is 2.05 bits per heavy atom. The van der Waals surface area contributed by atoms with Crippen molar-refractivity contribution in [3.63, 3.8) is 0 Å². The molecule has 0 bridgehead atoms. The predicted octanol–water partition coefficient (Wildman–Crippen LogP) is 1.87. The normalized spacial score (nSPS) is 16.0. The largest absolute Gasteiger partial charge is 0.450 e. The standard InChI is InChI=1S/C13H25N3O2S/c1-3-5-8-14-12(19)15-11-6-9-16(10-7-11)13(17)18-4-2/h11H,3-10H2,1-2H3,(H2,14,15,19). The van der Waals surface area contributed by atoms with Gasteiger partial charge in [-0.3, -0.25) is 0 Å². The Bertz CT molecular complexity index is 292. The van der Waals surface area contributed by atoms with Crippen molar-refractivity contribution >= 4 is 23.4 Å². The van der Waals surface area contributed by atoms with Crippen LogP contribution >= 0.6 is 12.2 Å². The highest BCUT2D eigenvalue weighted by molar-refractivity contribution is 7.80. The van der Waals surface area contributed by atoms with Crippen molar-refractivity contribution in [2.45, 2.75) is 45.6 Å². The van der Waals surface area contributed by atoms with Gasteiger partial charge in [0.2, 0.25) is 0 Å². The molecule has 1 rings (SSSR count). The van der Waals surface area contributed by atoms with Crippen LogP contribution in [-0.2, 0) is 4.74 Å². The van der Waals surface area contributed by atoms with E-state index in [9.17, 15) is 4.79 Å². The average Bonchev–Trinajstić information content (AvgIpc) is 2.40. The first-order valence-electron chi connectivity index (χ1n) is 7.13. The van der Waals surface area contributed by atoms with Gasteiger partial charge in [0.1, 0.15) is 0 Å². The Morgan fingerprint density at radius 1 is 1.37 bits per heavy atom. The molecule has 0 aromatic carbocycles. The lowest BCUT2D eigenvalue weighted by Crippen LogP contribution is -2.49. The molecule has 0 aliphatic carbocycles. The number of carbonyl (C=O) groups is 1. The van der Waals surface area contributed by atoms with Gasteiger partial charge in [0.15, 0.2) is 5.11 Å². The highest BCUT2D eigenvalue weighted by atomic mass is 32.1. The average molecular weight is 287 g/mol. The molecule has 1 aliphatic heterocycles. The van der Waals surface area contributed by atoms with Crippen LogP contribution in [0.4, 0.5) is 4.79 Å². The van der Waals surface area contributed by atoms with Gasteiger partial charge in [-0.2, -0.15) is 0 Å². The number of carbonyl (C=O) groups excluding carboxylic acids is 1. The zero-order valence-corrected chi connectivity index (χ0v) is 12.7. The Hall–Kier alpha value is -1.04. The summed E-state index contributed by atoms with van der Waals surface area (Å²) in [4.78, 5) is 13.3. The van der Waals surface area contributed by atoms with Gasteiger partial charge in [0, 0.05) is 25.7 Å². The molecule has 19 heavy (non-hydrogen) atoms. The van der Waals surface area contributed by atoms with E-state index >= 15 is 0 Å². The first-order chi connectivity index (χ1) is 9.17. The lowest BCUT2D eigenvalue weighted by molar-refractivity contribution is 0.0963. The summed E-state index contributed by atoms with van der Waals surface area (Å²) in [6, 6.07) is 0.354. The van der Waals surface area contributed by atoms with E-state index in [0.29, 0.717) is 12.6 Å². The Labute approximate surface area is 121 Å². The van der Waals surface area contributed by atoms with Crippen LogP contribution in [0.15, 0.2) is 0 Å². The maximum Gasteiger partial charge on any atom is 0.409 e. The summed E-state index contributed by atoms with van der Waals surface area (Å²) >= 11 is 5.24. The SMILES string of the molecule is CCCCNC(=S)NC1CCN(C(=O)OCC)CC1. The van der Waals surface area contributed by atoms with Gasteiger partial charge in [0.05, 0.1) is 6.61 Å². The summed E-state index contributed by atoms with van der Waals surface area (Å²) < 4.78 is 4.99. The Kier molecular flexibility index (Phi) is 7.55. The number of nitrogens with one attached hydrogen (secondary N) is 2. The van der Waals surface area contributed by atoms with Crippen molar-refractivity contribution in [1.29, 1.82) is 0 Å². The van der Waals surface area contributed by atoms with E-state index in [1.165, 1.54) is 0 Å². The minimum atomic E-state index is -0.204. The third-order valence-corrected chi connectivity index (χ3v) is 3.43. The molecule has 1 saturated heterocycles. The van der Waals surface area contributed by atoms with Crippen LogP contribution in [0.25, 0.3) is 0 Å². The minimum absolute atomic E-state index is 0.204. The molecule has 6 heteroatoms. The highest BCUT2D eigenvalue weighted by Crippen LogP contribution is 2.11. The number of amides is 1. The van der Waals surface area contributed by atoms with Crippen LogP contribution in [0, 0.1) is 0 Å². The minimum Gasteiger partial charge on any atom is -0.450 e. The molecule has 1 heterocycles.